The molecule has 3 N–H and O–H groups in total. The molecular formula is C34H37Cl2N3O7S. The summed E-state index contributed by atoms with van der Waals surface area (Å²) in [4.78, 5) is 33.1. The number of likely N-dealkylation sites (tertiary alicyclic amines) is 1. The number of halogens is 2. The Balaban J connectivity index is 0.00000500. The number of aromatic nitrogens is 1. The van der Waals surface area contributed by atoms with Gasteiger partial charge in [-0.3, -0.25) is 5.32 Å². The fourth-order valence-corrected chi connectivity index (χ4v) is 6.69. The van der Waals surface area contributed by atoms with Crippen molar-refractivity contribution >= 4 is 46.5 Å². The third-order valence-corrected chi connectivity index (χ3v) is 9.50. The maximum Gasteiger partial charge on any atom is 0.348 e. The van der Waals surface area contributed by atoms with Crippen LogP contribution in [0.3, 0.4) is 0 Å². The quantitative estimate of drug-likeness (QED) is 0.169. The molecule has 250 valence electrons. The highest BCUT2D eigenvalue weighted by Crippen LogP contribution is 2.36. The van der Waals surface area contributed by atoms with E-state index in [1.807, 2.05) is 49.5 Å². The van der Waals surface area contributed by atoms with Crippen LogP contribution in [-0.4, -0.2) is 62.8 Å². The second-order valence-corrected chi connectivity index (χ2v) is 12.9. The molecule has 2 aromatic heterocycles. The van der Waals surface area contributed by atoms with Crippen molar-refractivity contribution in [1.29, 1.82) is 0 Å². The largest absolute Gasteiger partial charge is 0.870 e. The molecule has 0 saturated carbocycles. The lowest BCUT2D eigenvalue weighted by atomic mass is 10.0. The van der Waals surface area contributed by atoms with E-state index in [0.29, 0.717) is 44.1 Å². The lowest BCUT2D eigenvalue weighted by molar-refractivity contribution is -0.377. The highest BCUT2D eigenvalue weighted by molar-refractivity contribution is 7.13. The summed E-state index contributed by atoms with van der Waals surface area (Å²) in [6.07, 6.45) is 3.42. The van der Waals surface area contributed by atoms with Crippen LogP contribution in [-0.2, 0) is 27.2 Å². The van der Waals surface area contributed by atoms with Crippen LogP contribution >= 0.6 is 34.5 Å². The number of hydrogen-bond acceptors (Lipinski definition) is 10. The van der Waals surface area contributed by atoms with E-state index in [9.17, 15) is 9.59 Å². The average molecular weight is 703 g/mol. The Kier molecular flexibility index (Phi) is 13.0. The Morgan fingerprint density at radius 3 is 2.38 bits per heavy atom. The molecule has 3 atom stereocenters. The van der Waals surface area contributed by atoms with E-state index in [1.54, 1.807) is 44.8 Å². The monoisotopic (exact) mass is 701 g/mol. The van der Waals surface area contributed by atoms with Gasteiger partial charge in [0.1, 0.15) is 33.2 Å². The normalized spacial score (nSPS) is 15.7. The first-order valence-corrected chi connectivity index (χ1v) is 16.4. The smallest absolute Gasteiger partial charge is 0.348 e. The second kappa shape index (κ2) is 16.9. The number of carbonyl (C=O) groups excluding carboxylic acids is 2. The number of hydrogen-bond donors (Lipinski definition) is 1. The number of esters is 2. The van der Waals surface area contributed by atoms with E-state index in [2.05, 4.69) is 15.2 Å². The van der Waals surface area contributed by atoms with Gasteiger partial charge in [0, 0.05) is 36.5 Å². The molecule has 4 aromatic rings. The van der Waals surface area contributed by atoms with E-state index in [1.165, 1.54) is 11.3 Å². The van der Waals surface area contributed by atoms with Crippen molar-refractivity contribution in [3.63, 3.8) is 0 Å². The third-order valence-electron chi connectivity index (χ3n) is 7.76. The van der Waals surface area contributed by atoms with Crippen LogP contribution in [0.2, 0.25) is 10.0 Å². The molecule has 1 fully saturated rings. The van der Waals surface area contributed by atoms with E-state index >= 15 is 0 Å². The summed E-state index contributed by atoms with van der Waals surface area (Å²) in [7, 11) is 5.11. The first-order chi connectivity index (χ1) is 22.2. The molecule has 13 heteroatoms. The number of benzene rings is 2. The van der Waals surface area contributed by atoms with Gasteiger partial charge in [0.05, 0.1) is 14.2 Å². The van der Waals surface area contributed by atoms with Gasteiger partial charge in [-0.25, -0.2) is 14.6 Å². The number of pyridine rings is 1. The van der Waals surface area contributed by atoms with Gasteiger partial charge < -0.3 is 29.3 Å². The molecule has 1 saturated heterocycles. The van der Waals surface area contributed by atoms with Gasteiger partial charge in [-0.15, -0.1) is 11.3 Å². The molecule has 1 aliphatic heterocycles. The first-order valence-electron chi connectivity index (χ1n) is 14.8. The summed E-state index contributed by atoms with van der Waals surface area (Å²) in [6.45, 7) is 1.96. The fourth-order valence-electron chi connectivity index (χ4n) is 5.32. The number of aromatic amines is 1. The van der Waals surface area contributed by atoms with Crippen LogP contribution in [0.5, 0.6) is 11.5 Å². The number of nitrogens with one attached hydrogen (secondary N) is 2. The molecular weight excluding hydrogens is 665 g/mol. The predicted molar refractivity (Wildman–Crippen MR) is 179 cm³/mol. The van der Waals surface area contributed by atoms with E-state index in [4.69, 9.17) is 42.1 Å². The second-order valence-electron chi connectivity index (χ2n) is 10.9. The van der Waals surface area contributed by atoms with Gasteiger partial charge in [-0.2, -0.15) is 0 Å². The van der Waals surface area contributed by atoms with E-state index < -0.39 is 18.1 Å². The van der Waals surface area contributed by atoms with Crippen molar-refractivity contribution < 1.29 is 39.0 Å². The summed E-state index contributed by atoms with van der Waals surface area (Å²) in [5.74, 6) is 0.215. The summed E-state index contributed by atoms with van der Waals surface area (Å²) in [5, 5.41) is 4.18. The molecule has 47 heavy (non-hydrogen) atoms. The Morgan fingerprint density at radius 1 is 1.00 bits per heavy atom. The van der Waals surface area contributed by atoms with Gasteiger partial charge in [0.15, 0.2) is 23.9 Å². The predicted octanol–water partition coefficient (Wildman–Crippen LogP) is 5.93. The topological polar surface area (TPSA) is 130 Å². The van der Waals surface area contributed by atoms with Gasteiger partial charge >= 0.3 is 11.9 Å². The number of rotatable bonds is 13. The number of H-pyrrole nitrogens is 1. The molecule has 0 radical (unpaired) electrons. The summed E-state index contributed by atoms with van der Waals surface area (Å²) >= 11 is 14.2. The maximum atomic E-state index is 13.5. The molecule has 0 amide bonds. The lowest BCUT2D eigenvalue weighted by Crippen LogP contribution is -2.33. The van der Waals surface area contributed by atoms with E-state index in [-0.39, 0.29) is 24.0 Å². The molecule has 3 heterocycles. The van der Waals surface area contributed by atoms with Crippen LogP contribution in [0.1, 0.15) is 49.8 Å². The molecule has 1 unspecified atom stereocenters. The number of carbonyl (C=O) groups is 2. The molecule has 5 rings (SSSR count). The van der Waals surface area contributed by atoms with Crippen LogP contribution < -0.4 is 19.8 Å². The van der Waals surface area contributed by atoms with Gasteiger partial charge in [-0.1, -0.05) is 59.6 Å². The van der Waals surface area contributed by atoms with Crippen molar-refractivity contribution in [1.82, 2.24) is 10.2 Å². The fraction of sp³-hybridized carbons (Fsp3) is 0.324. The molecule has 0 bridgehead atoms. The molecule has 2 aromatic carbocycles. The number of nitrogens with zero attached hydrogens (tertiary/aromatic N) is 1. The minimum atomic E-state index is -0.736. The zero-order chi connectivity index (χ0) is 32.6. The lowest BCUT2D eigenvalue weighted by Gasteiger charge is -2.21. The maximum absolute atomic E-state index is 13.5. The number of methoxy groups -OCH3 is 2. The number of ether oxygens (including phenoxy) is 4. The van der Waals surface area contributed by atoms with Crippen LogP contribution in [0.15, 0.2) is 73.1 Å². The molecule has 0 spiro atoms. The van der Waals surface area contributed by atoms with Gasteiger partial charge in [-0.05, 0) is 48.9 Å². The highest BCUT2D eigenvalue weighted by atomic mass is 35.5. The van der Waals surface area contributed by atoms with Crippen molar-refractivity contribution in [3.05, 3.63) is 110 Å². The molecule has 0 aliphatic carbocycles. The van der Waals surface area contributed by atoms with E-state index in [0.717, 1.165) is 30.0 Å². The van der Waals surface area contributed by atoms with Crippen LogP contribution in [0.25, 0.3) is 0 Å². The van der Waals surface area contributed by atoms with Gasteiger partial charge in [0.2, 0.25) is 0 Å². The summed E-state index contributed by atoms with van der Waals surface area (Å²) in [6, 6.07) is 17.7. The Morgan fingerprint density at radius 2 is 1.72 bits per heavy atom. The summed E-state index contributed by atoms with van der Waals surface area (Å²) < 4.78 is 22.8. The van der Waals surface area contributed by atoms with Gasteiger partial charge in [0.25, 0.3) is 0 Å². The summed E-state index contributed by atoms with van der Waals surface area (Å²) in [5.41, 5.74) is 2.12. The SMILES string of the molecule is COc1ccc([C@H](Cc2c(Cl)c[nH+]cc2Cl)OC(=O)c2ccc(CNC(C(=O)O[C@H]3CCN(C)C3)c3ccccc3)s2)cc1OC.[OH-]. The highest BCUT2D eigenvalue weighted by Gasteiger charge is 2.29. The number of likely N-dealkylation sites (N-methyl/N-ethyl adjacent to an activating group) is 1. The zero-order valence-corrected chi connectivity index (χ0v) is 28.5. The van der Waals surface area contributed by atoms with Crippen molar-refractivity contribution in [2.24, 2.45) is 0 Å². The van der Waals surface area contributed by atoms with Crippen molar-refractivity contribution in [3.8, 4) is 11.5 Å². The van der Waals surface area contributed by atoms with Crippen LogP contribution in [0, 0.1) is 0 Å². The number of thiophene rings is 1. The zero-order valence-electron chi connectivity index (χ0n) is 26.2. The van der Waals surface area contributed by atoms with Crippen LogP contribution in [0.4, 0.5) is 0 Å². The average Bonchev–Trinajstić information content (AvgIpc) is 3.71. The molecule has 1 aliphatic rings. The standard InChI is InChI=1S/C34H35Cl2N3O6S.H2O/c1-39-14-13-23(20-39)44-34(41)32(21-7-5-4-6-8-21)38-17-24-10-12-31(46-24)33(40)45-29(16-25-26(35)18-37-19-27(25)36)22-9-11-28(42-2)30(15-22)43-3;/h4-12,15,18-19,23,29,32,38H,13-14,16-17,20H2,1-3H3;1H2/t23-,29-,32?;/m0./s1. The third kappa shape index (κ3) is 9.22. The van der Waals surface area contributed by atoms with Crippen molar-refractivity contribution in [2.45, 2.75) is 37.6 Å². The van der Waals surface area contributed by atoms with Crippen molar-refractivity contribution in [2.75, 3.05) is 34.4 Å². The Labute approximate surface area is 287 Å². The Bertz CT molecular complexity index is 1640. The first kappa shape index (κ1) is 36.1. The molecule has 10 nitrogen and oxygen atoms in total. The minimum Gasteiger partial charge on any atom is -0.870 e. The minimum absolute atomic E-state index is 0. The Hall–Kier alpha value is -3.71.